The maximum Gasteiger partial charge on any atom is 0.254 e. The number of nitrogens with zero attached hydrogens (tertiary/aromatic N) is 2. The number of amides is 1. The van der Waals surface area contributed by atoms with Gasteiger partial charge in [-0.25, -0.2) is 4.39 Å². The number of hydrogen-bond acceptors (Lipinski definition) is 3. The molecule has 1 N–H and O–H groups in total. The van der Waals surface area contributed by atoms with Crippen LogP contribution in [0.25, 0.3) is 44.5 Å². The number of phenolic OH excluding ortho intramolecular Hbond substituents is 1. The fourth-order valence-corrected chi connectivity index (χ4v) is 7.42. The zero-order valence-electron chi connectivity index (χ0n) is 23.4. The van der Waals surface area contributed by atoms with E-state index in [2.05, 4.69) is 29.4 Å². The summed E-state index contributed by atoms with van der Waals surface area (Å²) in [5.41, 5.74) is 5.58. The lowest BCUT2D eigenvalue weighted by atomic mass is 10.0. The molecule has 3 fully saturated rings. The first-order chi connectivity index (χ1) is 19.9. The van der Waals surface area contributed by atoms with E-state index in [1.807, 2.05) is 36.4 Å². The molecule has 3 heterocycles. The lowest BCUT2D eigenvalue weighted by Gasteiger charge is -2.27. The van der Waals surface area contributed by atoms with Crippen LogP contribution in [0.3, 0.4) is 0 Å². The summed E-state index contributed by atoms with van der Waals surface area (Å²) in [6, 6.07) is 19.1. The zero-order chi connectivity index (χ0) is 28.0. The van der Waals surface area contributed by atoms with Gasteiger partial charge in [0, 0.05) is 52.1 Å². The summed E-state index contributed by atoms with van der Waals surface area (Å²) in [5.74, 6) is 1.77. The summed E-state index contributed by atoms with van der Waals surface area (Å²) in [5, 5.41) is 12.0. The zero-order valence-corrected chi connectivity index (χ0v) is 23.4. The smallest absolute Gasteiger partial charge is 0.254 e. The molecular weight excluding hydrogens is 515 g/mol. The number of carbonyl (C=O) groups excluding carboxylic acids is 1. The second kappa shape index (κ2) is 8.97. The van der Waals surface area contributed by atoms with Gasteiger partial charge in [-0.2, -0.15) is 0 Å². The van der Waals surface area contributed by atoms with Crippen molar-refractivity contribution in [2.24, 2.45) is 17.8 Å². The molecule has 2 bridgehead atoms. The van der Waals surface area contributed by atoms with Crippen LogP contribution < -0.4 is 0 Å². The predicted molar refractivity (Wildman–Crippen MR) is 158 cm³/mol. The average molecular weight is 549 g/mol. The summed E-state index contributed by atoms with van der Waals surface area (Å²) in [4.78, 5) is 15.6. The van der Waals surface area contributed by atoms with Crippen molar-refractivity contribution in [2.75, 3.05) is 6.54 Å². The second-order valence-corrected chi connectivity index (χ2v) is 12.5. The standard InChI is InChI=1S/C35H33FN2O3/c1-19-25-11-13-28(19)38(18-25)35(40)24-10-12-26-20(2)34(41-32(26)16-24)30-15-23-9-8-22(27-4-3-5-31(39)33(27)36)14-29(23)37(30)17-21-6-7-21/h3-5,8-10,12,14-16,19,21,25,28,39H,6-7,11,13,17-18H2,1-2H3/t19-,25?,28?/m1/s1. The third-order valence-electron chi connectivity index (χ3n) is 10.0. The van der Waals surface area contributed by atoms with Gasteiger partial charge in [0.05, 0.1) is 5.69 Å². The number of aromatic hydroxyl groups is 1. The molecule has 1 amide bonds. The molecule has 3 atom stereocenters. The molecule has 1 saturated heterocycles. The van der Waals surface area contributed by atoms with E-state index in [9.17, 15) is 14.3 Å². The Morgan fingerprint density at radius 3 is 2.66 bits per heavy atom. The number of halogens is 1. The molecule has 2 aliphatic carbocycles. The SMILES string of the molecule is Cc1c(-c2cc3ccc(-c4cccc(O)c4F)cc3n2CC2CC2)oc2cc(C(=O)N3CC4CCC3[C@@H]4C)ccc12. The van der Waals surface area contributed by atoms with E-state index in [1.165, 1.54) is 25.3 Å². The van der Waals surface area contributed by atoms with Crippen LogP contribution in [0.4, 0.5) is 4.39 Å². The second-order valence-electron chi connectivity index (χ2n) is 12.5. The Morgan fingerprint density at radius 2 is 1.90 bits per heavy atom. The predicted octanol–water partition coefficient (Wildman–Crippen LogP) is 8.16. The number of hydrogen-bond donors (Lipinski definition) is 1. The number of carbonyl (C=O) groups is 1. The maximum atomic E-state index is 14.8. The van der Waals surface area contributed by atoms with E-state index >= 15 is 0 Å². The molecule has 0 spiro atoms. The van der Waals surface area contributed by atoms with E-state index in [-0.39, 0.29) is 11.7 Å². The first-order valence-corrected chi connectivity index (χ1v) is 14.8. The van der Waals surface area contributed by atoms with Gasteiger partial charge in [-0.1, -0.05) is 37.3 Å². The third kappa shape index (κ3) is 3.83. The Hall–Kier alpha value is -4.06. The Morgan fingerprint density at radius 1 is 1.05 bits per heavy atom. The molecular formula is C35H33FN2O3. The summed E-state index contributed by atoms with van der Waals surface area (Å²) in [6.45, 7) is 6.09. The van der Waals surface area contributed by atoms with Gasteiger partial charge in [0.15, 0.2) is 17.3 Å². The number of rotatable bonds is 5. The van der Waals surface area contributed by atoms with Crippen molar-refractivity contribution in [1.29, 1.82) is 0 Å². The molecule has 2 unspecified atom stereocenters. The molecule has 41 heavy (non-hydrogen) atoms. The van der Waals surface area contributed by atoms with Crippen LogP contribution in [0.1, 0.15) is 48.5 Å². The highest BCUT2D eigenvalue weighted by molar-refractivity contribution is 6.00. The Labute approximate surface area is 238 Å². The number of furan rings is 1. The molecule has 1 aliphatic heterocycles. The fourth-order valence-electron chi connectivity index (χ4n) is 7.42. The molecule has 3 aromatic carbocycles. The summed E-state index contributed by atoms with van der Waals surface area (Å²) in [7, 11) is 0. The largest absolute Gasteiger partial charge is 0.505 e. The van der Waals surface area contributed by atoms with Crippen molar-refractivity contribution >= 4 is 27.8 Å². The van der Waals surface area contributed by atoms with Crippen LogP contribution in [0.15, 0.2) is 65.1 Å². The van der Waals surface area contributed by atoms with Crippen molar-refractivity contribution in [2.45, 2.75) is 52.1 Å². The minimum absolute atomic E-state index is 0.108. The molecule has 6 heteroatoms. The topological polar surface area (TPSA) is 58.6 Å². The lowest BCUT2D eigenvalue weighted by Crippen LogP contribution is -2.38. The van der Waals surface area contributed by atoms with E-state index in [1.54, 1.807) is 12.1 Å². The van der Waals surface area contributed by atoms with Crippen LogP contribution in [-0.4, -0.2) is 33.1 Å². The normalized spacial score (nSPS) is 21.9. The minimum Gasteiger partial charge on any atom is -0.505 e. The lowest BCUT2D eigenvalue weighted by molar-refractivity contribution is 0.0696. The average Bonchev–Trinajstić information content (AvgIpc) is 3.39. The van der Waals surface area contributed by atoms with Gasteiger partial charge < -0.3 is 19.0 Å². The van der Waals surface area contributed by atoms with Crippen LogP contribution in [0.2, 0.25) is 0 Å². The summed E-state index contributed by atoms with van der Waals surface area (Å²) < 4.78 is 23.7. The van der Waals surface area contributed by atoms with Crippen LogP contribution in [-0.2, 0) is 6.54 Å². The number of aryl methyl sites for hydroxylation is 1. The van der Waals surface area contributed by atoms with E-state index in [0.717, 1.165) is 64.0 Å². The fraction of sp³-hybridized carbons (Fsp3) is 0.343. The van der Waals surface area contributed by atoms with Crippen LogP contribution >= 0.6 is 0 Å². The highest BCUT2D eigenvalue weighted by Crippen LogP contribution is 2.44. The minimum atomic E-state index is -0.609. The van der Waals surface area contributed by atoms with Gasteiger partial charge in [0.2, 0.25) is 0 Å². The number of aromatic nitrogens is 1. The maximum absolute atomic E-state index is 14.8. The first-order valence-electron chi connectivity index (χ1n) is 14.8. The van der Waals surface area contributed by atoms with Gasteiger partial charge in [0.25, 0.3) is 5.91 Å². The summed E-state index contributed by atoms with van der Waals surface area (Å²) in [6.07, 6.45) is 4.73. The molecule has 2 aromatic heterocycles. The van der Waals surface area contributed by atoms with Gasteiger partial charge in [-0.3, -0.25) is 4.79 Å². The van der Waals surface area contributed by atoms with Crippen molar-refractivity contribution in [3.63, 3.8) is 0 Å². The molecule has 8 rings (SSSR count). The van der Waals surface area contributed by atoms with Crippen molar-refractivity contribution in [1.82, 2.24) is 9.47 Å². The van der Waals surface area contributed by atoms with Crippen molar-refractivity contribution < 1.29 is 18.7 Å². The van der Waals surface area contributed by atoms with Gasteiger partial charge in [-0.15, -0.1) is 0 Å². The number of benzene rings is 3. The van der Waals surface area contributed by atoms with E-state index in [0.29, 0.717) is 34.9 Å². The number of likely N-dealkylation sites (tertiary alicyclic amines) is 1. The molecule has 208 valence electrons. The van der Waals surface area contributed by atoms with Crippen molar-refractivity contribution in [3.8, 4) is 28.3 Å². The highest BCUT2D eigenvalue weighted by atomic mass is 19.1. The highest BCUT2D eigenvalue weighted by Gasteiger charge is 2.46. The number of phenols is 1. The van der Waals surface area contributed by atoms with Crippen molar-refractivity contribution in [3.05, 3.63) is 77.6 Å². The molecule has 2 saturated carbocycles. The molecule has 0 radical (unpaired) electrons. The van der Waals surface area contributed by atoms with Gasteiger partial charge >= 0.3 is 0 Å². The van der Waals surface area contributed by atoms with E-state index in [4.69, 9.17) is 4.42 Å². The van der Waals surface area contributed by atoms with Crippen LogP contribution in [0.5, 0.6) is 5.75 Å². The third-order valence-corrected chi connectivity index (χ3v) is 10.0. The monoisotopic (exact) mass is 548 g/mol. The molecule has 5 nitrogen and oxygen atoms in total. The molecule has 3 aliphatic rings. The van der Waals surface area contributed by atoms with Gasteiger partial charge in [0.1, 0.15) is 5.58 Å². The first kappa shape index (κ1) is 24.7. The summed E-state index contributed by atoms with van der Waals surface area (Å²) >= 11 is 0. The van der Waals surface area contributed by atoms with Crippen LogP contribution in [0, 0.1) is 30.5 Å². The Balaban J connectivity index is 1.21. The Bertz CT molecular complexity index is 1860. The van der Waals surface area contributed by atoms with Gasteiger partial charge in [-0.05, 0) is 86.3 Å². The number of piperidine rings is 1. The van der Waals surface area contributed by atoms with E-state index < -0.39 is 5.82 Å². The quantitative estimate of drug-likeness (QED) is 0.241. The Kier molecular flexibility index (Phi) is 5.41. The number of fused-ring (bicyclic) bond motifs is 4. The molecule has 5 aromatic rings.